The number of carbonyl (C=O) groups excluding carboxylic acids is 3. The molecule has 3 amide bonds. The number of carbonyl (C=O) groups is 4. The maximum atomic E-state index is 11.8. The van der Waals surface area contributed by atoms with E-state index < -0.39 is 17.7 Å². The third-order valence-corrected chi connectivity index (χ3v) is 4.54. The molecule has 0 radical (unpaired) electrons. The van der Waals surface area contributed by atoms with Gasteiger partial charge in [-0.3, -0.25) is 14.4 Å². The quantitative estimate of drug-likeness (QED) is 0.233. The minimum absolute atomic E-state index is 0.0217. The van der Waals surface area contributed by atoms with Crippen molar-refractivity contribution >= 4 is 23.9 Å². The van der Waals surface area contributed by atoms with Gasteiger partial charge >= 0.3 is 12.1 Å². The molecular weight excluding hydrogens is 414 g/mol. The summed E-state index contributed by atoms with van der Waals surface area (Å²) in [6, 6.07) is 0. The van der Waals surface area contributed by atoms with Crippen molar-refractivity contribution in [2.24, 2.45) is 0 Å². The number of ether oxygens (including phenoxy) is 1. The lowest BCUT2D eigenvalue weighted by molar-refractivity contribution is -0.137. The number of carboxylic acid groups (broad SMARTS) is 1. The zero-order chi connectivity index (χ0) is 24.2. The van der Waals surface area contributed by atoms with Crippen LogP contribution in [0.25, 0.3) is 0 Å². The molecule has 32 heavy (non-hydrogen) atoms. The van der Waals surface area contributed by atoms with Gasteiger partial charge in [0.2, 0.25) is 11.8 Å². The standard InChI is InChI=1S/C23H43N3O6/c1-23(2,3)32-22(31)26-18-12-5-8-14-20(28)24-16-10-4-7-13-19(27)25-17-11-6-9-15-21(29)30/h4-18H2,1-3H3,(H,24,28)(H,25,27)(H,26,31)(H,29,30). The molecule has 0 atom stereocenters. The van der Waals surface area contributed by atoms with Gasteiger partial charge in [-0.15, -0.1) is 0 Å². The van der Waals surface area contributed by atoms with E-state index in [1.807, 2.05) is 20.8 Å². The number of hydrogen-bond acceptors (Lipinski definition) is 5. The zero-order valence-corrected chi connectivity index (χ0v) is 20.1. The predicted octanol–water partition coefficient (Wildman–Crippen LogP) is 3.51. The van der Waals surface area contributed by atoms with Gasteiger partial charge in [0.05, 0.1) is 0 Å². The maximum absolute atomic E-state index is 11.8. The third-order valence-electron chi connectivity index (χ3n) is 4.54. The van der Waals surface area contributed by atoms with Crippen molar-refractivity contribution in [1.82, 2.24) is 16.0 Å². The molecule has 0 aromatic carbocycles. The molecule has 0 aromatic heterocycles. The molecule has 0 saturated heterocycles. The van der Waals surface area contributed by atoms with Crippen molar-refractivity contribution in [2.75, 3.05) is 19.6 Å². The summed E-state index contributed by atoms with van der Waals surface area (Å²) in [6.07, 6.45) is 7.89. The number of hydrogen-bond donors (Lipinski definition) is 4. The predicted molar refractivity (Wildman–Crippen MR) is 123 cm³/mol. The van der Waals surface area contributed by atoms with Crippen molar-refractivity contribution < 1.29 is 29.0 Å². The number of amides is 3. The second-order valence-electron chi connectivity index (χ2n) is 8.95. The van der Waals surface area contributed by atoms with E-state index in [2.05, 4.69) is 16.0 Å². The first-order valence-electron chi connectivity index (χ1n) is 11.8. The molecule has 0 aliphatic carbocycles. The van der Waals surface area contributed by atoms with E-state index >= 15 is 0 Å². The van der Waals surface area contributed by atoms with E-state index in [0.717, 1.165) is 51.4 Å². The van der Waals surface area contributed by atoms with E-state index in [1.165, 1.54) is 0 Å². The average molecular weight is 458 g/mol. The second kappa shape index (κ2) is 18.3. The van der Waals surface area contributed by atoms with Crippen molar-refractivity contribution in [3.63, 3.8) is 0 Å². The molecule has 0 rings (SSSR count). The van der Waals surface area contributed by atoms with Crippen molar-refractivity contribution in [1.29, 1.82) is 0 Å². The Kier molecular flexibility index (Phi) is 16.9. The summed E-state index contributed by atoms with van der Waals surface area (Å²) in [5.74, 6) is -0.728. The number of nitrogens with one attached hydrogen (secondary N) is 3. The molecule has 0 fully saturated rings. The summed E-state index contributed by atoms with van der Waals surface area (Å²) in [7, 11) is 0. The van der Waals surface area contributed by atoms with E-state index in [4.69, 9.17) is 9.84 Å². The fraction of sp³-hybridized carbons (Fsp3) is 0.826. The number of aliphatic carboxylic acids is 1. The lowest BCUT2D eigenvalue weighted by Gasteiger charge is -2.19. The van der Waals surface area contributed by atoms with E-state index in [-0.39, 0.29) is 18.2 Å². The molecule has 0 aromatic rings. The molecule has 9 heteroatoms. The molecule has 0 bridgehead atoms. The largest absolute Gasteiger partial charge is 0.481 e. The molecule has 4 N–H and O–H groups in total. The first-order chi connectivity index (χ1) is 15.1. The molecule has 0 aliphatic heterocycles. The smallest absolute Gasteiger partial charge is 0.407 e. The molecule has 0 heterocycles. The Morgan fingerprint density at radius 1 is 0.625 bits per heavy atom. The first-order valence-corrected chi connectivity index (χ1v) is 11.8. The van der Waals surface area contributed by atoms with Crippen molar-refractivity contribution in [3.05, 3.63) is 0 Å². The second-order valence-corrected chi connectivity index (χ2v) is 8.95. The van der Waals surface area contributed by atoms with Gasteiger partial charge in [0.25, 0.3) is 0 Å². The summed E-state index contributed by atoms with van der Waals surface area (Å²) >= 11 is 0. The van der Waals surface area contributed by atoms with Crippen LogP contribution in [0.15, 0.2) is 0 Å². The fourth-order valence-electron chi connectivity index (χ4n) is 2.89. The van der Waals surface area contributed by atoms with Gasteiger partial charge in [-0.25, -0.2) is 4.79 Å². The molecule has 186 valence electrons. The Morgan fingerprint density at radius 3 is 1.44 bits per heavy atom. The highest BCUT2D eigenvalue weighted by Gasteiger charge is 2.15. The Bertz CT molecular complexity index is 560. The van der Waals surface area contributed by atoms with Gasteiger partial charge < -0.3 is 25.8 Å². The molecule has 0 spiro atoms. The molecule has 9 nitrogen and oxygen atoms in total. The topological polar surface area (TPSA) is 134 Å². The summed E-state index contributed by atoms with van der Waals surface area (Å²) in [6.45, 7) is 7.20. The van der Waals surface area contributed by atoms with Gasteiger partial charge in [-0.2, -0.15) is 0 Å². The van der Waals surface area contributed by atoms with Crippen LogP contribution in [-0.2, 0) is 19.1 Å². The summed E-state index contributed by atoms with van der Waals surface area (Å²) < 4.78 is 5.15. The Hall–Kier alpha value is -2.32. The minimum Gasteiger partial charge on any atom is -0.481 e. The summed E-state index contributed by atoms with van der Waals surface area (Å²) in [5.41, 5.74) is -0.500. The summed E-state index contributed by atoms with van der Waals surface area (Å²) in [4.78, 5) is 45.4. The minimum atomic E-state index is -0.782. The van der Waals surface area contributed by atoms with E-state index in [9.17, 15) is 19.2 Å². The van der Waals surface area contributed by atoms with Crippen molar-refractivity contribution in [2.45, 2.75) is 103 Å². The monoisotopic (exact) mass is 457 g/mol. The van der Waals surface area contributed by atoms with Crippen LogP contribution in [0.1, 0.15) is 97.8 Å². The average Bonchev–Trinajstić information content (AvgIpc) is 2.68. The van der Waals surface area contributed by atoms with Gasteiger partial charge in [0, 0.05) is 38.9 Å². The van der Waals surface area contributed by atoms with Gasteiger partial charge in [0.1, 0.15) is 5.60 Å². The van der Waals surface area contributed by atoms with Gasteiger partial charge in [-0.1, -0.05) is 19.3 Å². The Morgan fingerprint density at radius 2 is 1.03 bits per heavy atom. The maximum Gasteiger partial charge on any atom is 0.407 e. The molecule has 0 saturated carbocycles. The third kappa shape index (κ3) is 22.4. The molecule has 0 unspecified atom stereocenters. The van der Waals surface area contributed by atoms with Crippen LogP contribution >= 0.6 is 0 Å². The van der Waals surface area contributed by atoms with Crippen LogP contribution in [0.2, 0.25) is 0 Å². The zero-order valence-electron chi connectivity index (χ0n) is 20.1. The Balaban J connectivity index is 3.43. The summed E-state index contributed by atoms with van der Waals surface area (Å²) in [5, 5.41) is 17.0. The number of carboxylic acids is 1. The van der Waals surface area contributed by atoms with Crippen LogP contribution < -0.4 is 16.0 Å². The van der Waals surface area contributed by atoms with Crippen molar-refractivity contribution in [3.8, 4) is 0 Å². The van der Waals surface area contributed by atoms with E-state index in [1.54, 1.807) is 0 Å². The highest BCUT2D eigenvalue weighted by molar-refractivity contribution is 5.76. The van der Waals surface area contributed by atoms with Gasteiger partial charge in [-0.05, 0) is 59.3 Å². The SMILES string of the molecule is CC(C)(C)OC(=O)NCCCCCC(=O)NCCCCCC(=O)NCCCCCC(=O)O. The number of alkyl carbamates (subject to hydrolysis) is 1. The number of unbranched alkanes of at least 4 members (excludes halogenated alkanes) is 6. The number of rotatable bonds is 18. The van der Waals surface area contributed by atoms with E-state index in [0.29, 0.717) is 38.9 Å². The first kappa shape index (κ1) is 29.7. The van der Waals surface area contributed by atoms with Crippen LogP contribution in [0.5, 0.6) is 0 Å². The van der Waals surface area contributed by atoms with Gasteiger partial charge in [0.15, 0.2) is 0 Å². The lowest BCUT2D eigenvalue weighted by atomic mass is 10.1. The van der Waals surface area contributed by atoms with Crippen LogP contribution in [0.4, 0.5) is 4.79 Å². The Labute approximate surface area is 192 Å². The molecular formula is C23H43N3O6. The normalized spacial score (nSPS) is 11.0. The highest BCUT2D eigenvalue weighted by Crippen LogP contribution is 2.07. The lowest BCUT2D eigenvalue weighted by Crippen LogP contribution is -2.33. The van der Waals surface area contributed by atoms with Crippen LogP contribution in [-0.4, -0.2) is 54.2 Å². The molecule has 0 aliphatic rings. The van der Waals surface area contributed by atoms with Crippen LogP contribution in [0, 0.1) is 0 Å². The fourth-order valence-corrected chi connectivity index (χ4v) is 2.89. The highest BCUT2D eigenvalue weighted by atomic mass is 16.6. The van der Waals surface area contributed by atoms with Crippen LogP contribution in [0.3, 0.4) is 0 Å².